The van der Waals surface area contributed by atoms with Gasteiger partial charge in [0.05, 0.1) is 18.7 Å². The summed E-state index contributed by atoms with van der Waals surface area (Å²) in [6.45, 7) is 1.18. The number of nitrogens with one attached hydrogen (secondary N) is 2. The maximum atomic E-state index is 12.0. The molecule has 0 aromatic heterocycles. The van der Waals surface area contributed by atoms with Gasteiger partial charge in [0.2, 0.25) is 0 Å². The molecule has 2 aromatic carbocycles. The Morgan fingerprint density at radius 1 is 1.19 bits per heavy atom. The van der Waals surface area contributed by atoms with Gasteiger partial charge in [0.1, 0.15) is 6.54 Å². The van der Waals surface area contributed by atoms with Crippen LogP contribution in [0.3, 0.4) is 0 Å². The molecule has 0 fully saturated rings. The van der Waals surface area contributed by atoms with Gasteiger partial charge in [0.15, 0.2) is 6.54 Å². The van der Waals surface area contributed by atoms with Crippen molar-refractivity contribution in [2.24, 2.45) is 0 Å². The number of hydrogen-bond acceptors (Lipinski definition) is 2. The van der Waals surface area contributed by atoms with Crippen molar-refractivity contribution < 1.29 is 9.69 Å². The van der Waals surface area contributed by atoms with Crippen LogP contribution in [-0.2, 0) is 11.3 Å². The molecule has 1 amide bonds. The van der Waals surface area contributed by atoms with Gasteiger partial charge in [-0.05, 0) is 18.2 Å². The van der Waals surface area contributed by atoms with E-state index in [1.54, 1.807) is 24.3 Å². The number of likely N-dealkylation sites (N-methyl/N-ethyl adjacent to an activating group) is 1. The molecule has 2 aromatic rings. The lowest BCUT2D eigenvalue weighted by Gasteiger charge is -2.14. The van der Waals surface area contributed by atoms with Crippen LogP contribution in [-0.4, -0.2) is 19.5 Å². The van der Waals surface area contributed by atoms with Crippen molar-refractivity contribution in [1.29, 1.82) is 5.26 Å². The van der Waals surface area contributed by atoms with E-state index in [4.69, 9.17) is 5.26 Å². The van der Waals surface area contributed by atoms with E-state index in [1.807, 2.05) is 25.2 Å². The Hall–Kier alpha value is -2.64. The van der Waals surface area contributed by atoms with Crippen molar-refractivity contribution in [2.45, 2.75) is 6.54 Å². The third kappa shape index (κ3) is 4.75. The summed E-state index contributed by atoms with van der Waals surface area (Å²) in [4.78, 5) is 13.1. The van der Waals surface area contributed by atoms with Crippen LogP contribution in [0, 0.1) is 11.3 Å². The largest absolute Gasteiger partial charge is 0.326 e. The van der Waals surface area contributed by atoms with Crippen LogP contribution >= 0.6 is 0 Å². The summed E-state index contributed by atoms with van der Waals surface area (Å²) >= 11 is 0. The number of rotatable bonds is 5. The molecular weight excluding hydrogens is 262 g/mol. The predicted molar refractivity (Wildman–Crippen MR) is 81.7 cm³/mol. The van der Waals surface area contributed by atoms with Gasteiger partial charge in [-0.25, -0.2) is 0 Å². The van der Waals surface area contributed by atoms with Crippen LogP contribution < -0.4 is 10.2 Å². The van der Waals surface area contributed by atoms with Gasteiger partial charge in [-0.2, -0.15) is 5.26 Å². The molecule has 0 saturated heterocycles. The SMILES string of the molecule is C[NH+](CC(=O)Nc1cccc(C#N)c1)Cc1ccccc1. The van der Waals surface area contributed by atoms with Crippen LogP contribution in [0.5, 0.6) is 0 Å². The summed E-state index contributed by atoms with van der Waals surface area (Å²) in [6.07, 6.45) is 0. The first-order valence-corrected chi connectivity index (χ1v) is 6.82. The zero-order valence-electron chi connectivity index (χ0n) is 12.0. The first kappa shape index (κ1) is 14.8. The van der Waals surface area contributed by atoms with E-state index >= 15 is 0 Å². The summed E-state index contributed by atoms with van der Waals surface area (Å²) in [5, 5.41) is 11.7. The van der Waals surface area contributed by atoms with E-state index in [-0.39, 0.29) is 5.91 Å². The third-order valence-corrected chi connectivity index (χ3v) is 3.09. The van der Waals surface area contributed by atoms with E-state index in [1.165, 1.54) is 5.56 Å². The maximum absolute atomic E-state index is 12.0. The number of nitriles is 1. The third-order valence-electron chi connectivity index (χ3n) is 3.09. The van der Waals surface area contributed by atoms with E-state index in [2.05, 4.69) is 23.5 Å². The highest BCUT2D eigenvalue weighted by Crippen LogP contribution is 2.09. The number of carbonyl (C=O) groups is 1. The molecule has 0 radical (unpaired) electrons. The monoisotopic (exact) mass is 280 g/mol. The van der Waals surface area contributed by atoms with Crippen molar-refractivity contribution in [1.82, 2.24) is 0 Å². The molecule has 106 valence electrons. The second kappa shape index (κ2) is 7.22. The van der Waals surface area contributed by atoms with Crippen molar-refractivity contribution in [2.75, 3.05) is 18.9 Å². The standard InChI is InChI=1S/C17H17N3O/c1-20(12-14-6-3-2-4-7-14)13-17(21)19-16-9-5-8-15(10-16)11-18/h2-10H,12-13H2,1H3,(H,19,21)/p+1. The fourth-order valence-electron chi connectivity index (χ4n) is 2.15. The molecule has 0 saturated carbocycles. The number of carbonyl (C=O) groups excluding carboxylic acids is 1. The molecule has 2 N–H and O–H groups in total. The normalized spacial score (nSPS) is 11.4. The summed E-state index contributed by atoms with van der Waals surface area (Å²) in [6, 6.07) is 19.1. The number of quaternary nitrogens is 1. The van der Waals surface area contributed by atoms with E-state index in [0.717, 1.165) is 11.4 Å². The number of amides is 1. The van der Waals surface area contributed by atoms with Gasteiger partial charge in [-0.3, -0.25) is 4.79 Å². The first-order chi connectivity index (χ1) is 10.2. The molecule has 0 spiro atoms. The second-order valence-corrected chi connectivity index (χ2v) is 5.04. The first-order valence-electron chi connectivity index (χ1n) is 6.82. The highest BCUT2D eigenvalue weighted by atomic mass is 16.2. The Kier molecular flexibility index (Phi) is 5.08. The molecule has 1 unspecified atom stereocenters. The lowest BCUT2D eigenvalue weighted by molar-refractivity contribution is -0.885. The summed E-state index contributed by atoms with van der Waals surface area (Å²) in [7, 11) is 1.98. The topological polar surface area (TPSA) is 57.3 Å². The molecule has 4 nitrogen and oxygen atoms in total. The van der Waals surface area contributed by atoms with Crippen molar-refractivity contribution in [3.05, 3.63) is 65.7 Å². The van der Waals surface area contributed by atoms with Crippen molar-refractivity contribution in [3.63, 3.8) is 0 Å². The van der Waals surface area contributed by atoms with Gasteiger partial charge >= 0.3 is 0 Å². The molecule has 2 rings (SSSR count). The van der Waals surface area contributed by atoms with Crippen LogP contribution in [0.2, 0.25) is 0 Å². The lowest BCUT2D eigenvalue weighted by Crippen LogP contribution is -3.08. The molecule has 1 atom stereocenters. The van der Waals surface area contributed by atoms with E-state index < -0.39 is 0 Å². The van der Waals surface area contributed by atoms with E-state index in [9.17, 15) is 4.79 Å². The van der Waals surface area contributed by atoms with Gasteiger partial charge in [0, 0.05) is 11.3 Å². The zero-order chi connectivity index (χ0) is 15.1. The van der Waals surface area contributed by atoms with Gasteiger partial charge in [0.25, 0.3) is 5.91 Å². The summed E-state index contributed by atoms with van der Waals surface area (Å²) in [5.74, 6) is -0.0569. The zero-order valence-corrected chi connectivity index (χ0v) is 12.0. The second-order valence-electron chi connectivity index (χ2n) is 5.04. The minimum absolute atomic E-state index is 0.0569. The van der Waals surface area contributed by atoms with Gasteiger partial charge in [-0.15, -0.1) is 0 Å². The smallest absolute Gasteiger partial charge is 0.279 e. The quantitative estimate of drug-likeness (QED) is 0.865. The average Bonchev–Trinajstić information content (AvgIpc) is 2.48. The minimum Gasteiger partial charge on any atom is -0.326 e. The van der Waals surface area contributed by atoms with Crippen LogP contribution in [0.1, 0.15) is 11.1 Å². The van der Waals surface area contributed by atoms with Crippen molar-refractivity contribution in [3.8, 4) is 6.07 Å². The predicted octanol–water partition coefficient (Wildman–Crippen LogP) is 1.21. The molecule has 21 heavy (non-hydrogen) atoms. The molecule has 4 heteroatoms. The molecule has 0 heterocycles. The fraction of sp³-hybridized carbons (Fsp3) is 0.176. The summed E-state index contributed by atoms with van der Waals surface area (Å²) < 4.78 is 0. The molecular formula is C17H18N3O+. The fourth-order valence-corrected chi connectivity index (χ4v) is 2.15. The number of hydrogen-bond donors (Lipinski definition) is 2. The molecule has 0 bridgehead atoms. The molecule has 0 aliphatic carbocycles. The Balaban J connectivity index is 1.88. The number of benzene rings is 2. The van der Waals surface area contributed by atoms with Crippen LogP contribution in [0.25, 0.3) is 0 Å². The van der Waals surface area contributed by atoms with Gasteiger partial charge < -0.3 is 10.2 Å². The highest BCUT2D eigenvalue weighted by Gasteiger charge is 2.10. The van der Waals surface area contributed by atoms with E-state index in [0.29, 0.717) is 17.8 Å². The Bertz CT molecular complexity index is 647. The lowest BCUT2D eigenvalue weighted by atomic mass is 10.2. The average molecular weight is 280 g/mol. The Labute approximate surface area is 124 Å². The van der Waals surface area contributed by atoms with Gasteiger partial charge in [-0.1, -0.05) is 36.4 Å². The van der Waals surface area contributed by atoms with Crippen molar-refractivity contribution >= 4 is 11.6 Å². The van der Waals surface area contributed by atoms with Crippen LogP contribution in [0.4, 0.5) is 5.69 Å². The number of nitrogens with zero attached hydrogens (tertiary/aromatic N) is 1. The number of anilines is 1. The highest BCUT2D eigenvalue weighted by molar-refractivity contribution is 5.91. The summed E-state index contributed by atoms with van der Waals surface area (Å²) in [5.41, 5.74) is 2.40. The van der Waals surface area contributed by atoms with Crippen LogP contribution in [0.15, 0.2) is 54.6 Å². The Morgan fingerprint density at radius 2 is 1.95 bits per heavy atom. The maximum Gasteiger partial charge on any atom is 0.279 e. The minimum atomic E-state index is -0.0569. The molecule has 0 aliphatic heterocycles. The molecule has 0 aliphatic rings. The Morgan fingerprint density at radius 3 is 2.67 bits per heavy atom.